The summed E-state index contributed by atoms with van der Waals surface area (Å²) in [6, 6.07) is 4.92. The molecule has 2 N–H and O–H groups in total. The first kappa shape index (κ1) is 16.8. The topological polar surface area (TPSA) is 76.0 Å². The summed E-state index contributed by atoms with van der Waals surface area (Å²) in [5.41, 5.74) is 0.609. The van der Waals surface area contributed by atoms with Crippen LogP contribution in [0.3, 0.4) is 0 Å². The first-order chi connectivity index (χ1) is 10.0. The zero-order valence-corrected chi connectivity index (χ0v) is 13.7. The van der Waals surface area contributed by atoms with Crippen molar-refractivity contribution in [3.8, 4) is 5.75 Å². The minimum atomic E-state index is -0.910. The zero-order chi connectivity index (χ0) is 16.7. The maximum Gasteiger partial charge on any atom is 0.466 e. The van der Waals surface area contributed by atoms with E-state index in [1.807, 2.05) is 34.6 Å². The molecule has 22 heavy (non-hydrogen) atoms. The van der Waals surface area contributed by atoms with Gasteiger partial charge in [0.2, 0.25) is 0 Å². The smallest absolute Gasteiger partial charge is 0.466 e. The first-order valence-electron chi connectivity index (χ1n) is 7.40. The van der Waals surface area contributed by atoms with Crippen molar-refractivity contribution in [3.63, 3.8) is 0 Å². The van der Waals surface area contributed by atoms with Gasteiger partial charge >= 0.3 is 13.1 Å². The average molecular weight is 306 g/mol. The Labute approximate surface area is 131 Å². The third kappa shape index (κ3) is 3.13. The van der Waals surface area contributed by atoms with Crippen LogP contribution in [0.1, 0.15) is 51.1 Å². The standard InChI is InChI=1S/C16H23BO5/c1-10-8-11(18)6-7-12(10)13(9-14(19)20)17-21-15(2,3)16(4,5)22-17/h6-8,13,18H,9H2,1-5H3,(H,19,20). The summed E-state index contributed by atoms with van der Waals surface area (Å²) in [6.07, 6.45) is -0.0948. The van der Waals surface area contributed by atoms with E-state index in [1.54, 1.807) is 18.2 Å². The average Bonchev–Trinajstić information content (AvgIpc) is 2.56. The largest absolute Gasteiger partial charge is 0.508 e. The van der Waals surface area contributed by atoms with Crippen molar-refractivity contribution < 1.29 is 24.3 Å². The van der Waals surface area contributed by atoms with Gasteiger partial charge in [-0.1, -0.05) is 6.07 Å². The molecule has 1 aromatic carbocycles. The van der Waals surface area contributed by atoms with Crippen LogP contribution in [-0.2, 0) is 14.1 Å². The van der Waals surface area contributed by atoms with Crippen LogP contribution in [-0.4, -0.2) is 34.5 Å². The Kier molecular flexibility index (Phi) is 4.28. The number of rotatable bonds is 4. The van der Waals surface area contributed by atoms with Crippen LogP contribution in [0.5, 0.6) is 5.75 Å². The highest BCUT2D eigenvalue weighted by molar-refractivity contribution is 6.48. The minimum absolute atomic E-state index is 0.0948. The van der Waals surface area contributed by atoms with Crippen LogP contribution in [0.15, 0.2) is 18.2 Å². The molecule has 0 saturated carbocycles. The number of aryl methyl sites for hydroxylation is 1. The van der Waals surface area contributed by atoms with Gasteiger partial charge in [0.05, 0.1) is 17.6 Å². The molecule has 0 bridgehead atoms. The van der Waals surface area contributed by atoms with Crippen LogP contribution in [0.25, 0.3) is 0 Å². The Bertz CT molecular complexity index is 566. The summed E-state index contributed by atoms with van der Waals surface area (Å²) in [5.74, 6) is -1.18. The lowest BCUT2D eigenvalue weighted by Crippen LogP contribution is -2.41. The van der Waals surface area contributed by atoms with Gasteiger partial charge in [0.25, 0.3) is 0 Å². The van der Waals surface area contributed by atoms with E-state index in [0.29, 0.717) is 0 Å². The normalized spacial score (nSPS) is 20.9. The van der Waals surface area contributed by atoms with E-state index < -0.39 is 30.1 Å². The molecule has 1 heterocycles. The molecule has 120 valence electrons. The molecule has 1 fully saturated rings. The van der Waals surface area contributed by atoms with Crippen LogP contribution in [0, 0.1) is 6.92 Å². The maximum absolute atomic E-state index is 11.3. The lowest BCUT2D eigenvalue weighted by molar-refractivity contribution is -0.137. The number of phenolic OH excluding ortho intramolecular Hbond substituents is 1. The van der Waals surface area contributed by atoms with Gasteiger partial charge in [-0.05, 0) is 57.9 Å². The van der Waals surface area contributed by atoms with Crippen LogP contribution < -0.4 is 0 Å². The van der Waals surface area contributed by atoms with E-state index >= 15 is 0 Å². The Hall–Kier alpha value is -1.53. The molecule has 1 saturated heterocycles. The summed E-state index contributed by atoms with van der Waals surface area (Å²) in [5, 5.41) is 18.8. The summed E-state index contributed by atoms with van der Waals surface area (Å²) in [7, 11) is -0.635. The Morgan fingerprint density at radius 3 is 2.23 bits per heavy atom. The molecule has 0 spiro atoms. The minimum Gasteiger partial charge on any atom is -0.508 e. The number of benzene rings is 1. The molecule has 1 unspecified atom stereocenters. The molecule has 0 amide bonds. The third-order valence-electron chi connectivity index (χ3n) is 4.65. The number of hydrogen-bond acceptors (Lipinski definition) is 4. The monoisotopic (exact) mass is 306 g/mol. The molecule has 1 aromatic rings. The van der Waals surface area contributed by atoms with Gasteiger partial charge < -0.3 is 19.5 Å². The van der Waals surface area contributed by atoms with Crippen molar-refractivity contribution in [1.82, 2.24) is 0 Å². The van der Waals surface area contributed by atoms with Crippen molar-refractivity contribution in [1.29, 1.82) is 0 Å². The first-order valence-corrected chi connectivity index (χ1v) is 7.40. The molecule has 1 aliphatic heterocycles. The summed E-state index contributed by atoms with van der Waals surface area (Å²) in [6.45, 7) is 9.60. The highest BCUT2D eigenvalue weighted by Crippen LogP contribution is 2.42. The molecule has 6 heteroatoms. The fourth-order valence-electron chi connectivity index (χ4n) is 2.67. The van der Waals surface area contributed by atoms with Gasteiger partial charge in [-0.2, -0.15) is 0 Å². The number of carboxylic acids is 1. The van der Waals surface area contributed by atoms with Gasteiger partial charge in [0.15, 0.2) is 0 Å². The molecular weight excluding hydrogens is 283 g/mol. The fourth-order valence-corrected chi connectivity index (χ4v) is 2.67. The number of hydrogen-bond donors (Lipinski definition) is 2. The predicted octanol–water partition coefficient (Wildman–Crippen LogP) is 2.89. The fraction of sp³-hybridized carbons (Fsp3) is 0.562. The number of aromatic hydroxyl groups is 1. The Balaban J connectivity index is 2.38. The van der Waals surface area contributed by atoms with Gasteiger partial charge in [-0.3, -0.25) is 4.79 Å². The molecule has 1 aliphatic rings. The lowest BCUT2D eigenvalue weighted by Gasteiger charge is -2.32. The third-order valence-corrected chi connectivity index (χ3v) is 4.65. The van der Waals surface area contributed by atoms with E-state index in [-0.39, 0.29) is 12.2 Å². The highest BCUT2D eigenvalue weighted by atomic mass is 16.7. The second-order valence-corrected chi connectivity index (χ2v) is 6.87. The molecule has 0 aromatic heterocycles. The van der Waals surface area contributed by atoms with Crippen LogP contribution >= 0.6 is 0 Å². The predicted molar refractivity (Wildman–Crippen MR) is 83.9 cm³/mol. The van der Waals surface area contributed by atoms with Crippen molar-refractivity contribution in [2.45, 2.75) is 58.1 Å². The molecule has 0 radical (unpaired) electrons. The van der Waals surface area contributed by atoms with Gasteiger partial charge in [-0.25, -0.2) is 0 Å². The maximum atomic E-state index is 11.3. The van der Waals surface area contributed by atoms with Crippen molar-refractivity contribution >= 4 is 13.1 Å². The van der Waals surface area contributed by atoms with Crippen molar-refractivity contribution in [3.05, 3.63) is 29.3 Å². The van der Waals surface area contributed by atoms with E-state index in [4.69, 9.17) is 9.31 Å². The SMILES string of the molecule is Cc1cc(O)ccc1C(CC(=O)O)B1OC(C)(C)C(C)(C)O1. The quantitative estimate of drug-likeness (QED) is 0.837. The number of phenols is 1. The molecule has 0 aliphatic carbocycles. The Morgan fingerprint density at radius 1 is 1.23 bits per heavy atom. The van der Waals surface area contributed by atoms with Crippen molar-refractivity contribution in [2.24, 2.45) is 0 Å². The molecule has 2 rings (SSSR count). The second kappa shape index (κ2) is 5.59. The summed E-state index contributed by atoms with van der Waals surface area (Å²) < 4.78 is 12.0. The van der Waals surface area contributed by atoms with E-state index in [1.165, 1.54) is 0 Å². The van der Waals surface area contributed by atoms with Gasteiger partial charge in [0.1, 0.15) is 5.75 Å². The lowest BCUT2D eigenvalue weighted by atomic mass is 9.65. The van der Waals surface area contributed by atoms with Gasteiger partial charge in [0, 0.05) is 5.82 Å². The number of carbonyl (C=O) groups is 1. The number of carboxylic acid groups (broad SMARTS) is 1. The molecular formula is C16H23BO5. The molecule has 5 nitrogen and oxygen atoms in total. The number of aliphatic carboxylic acids is 1. The highest BCUT2D eigenvalue weighted by Gasteiger charge is 2.54. The van der Waals surface area contributed by atoms with Crippen LogP contribution in [0.2, 0.25) is 0 Å². The van der Waals surface area contributed by atoms with E-state index in [9.17, 15) is 15.0 Å². The van der Waals surface area contributed by atoms with Crippen LogP contribution in [0.4, 0.5) is 0 Å². The van der Waals surface area contributed by atoms with E-state index in [2.05, 4.69) is 0 Å². The summed E-state index contributed by atoms with van der Waals surface area (Å²) in [4.78, 5) is 11.3. The second-order valence-electron chi connectivity index (χ2n) is 6.87. The molecule has 1 atom stereocenters. The van der Waals surface area contributed by atoms with Gasteiger partial charge in [-0.15, -0.1) is 0 Å². The Morgan fingerprint density at radius 2 is 1.77 bits per heavy atom. The summed E-state index contributed by atoms with van der Waals surface area (Å²) >= 11 is 0. The van der Waals surface area contributed by atoms with E-state index in [0.717, 1.165) is 11.1 Å². The zero-order valence-electron chi connectivity index (χ0n) is 13.7. The van der Waals surface area contributed by atoms with Crippen molar-refractivity contribution in [2.75, 3.05) is 0 Å².